The lowest BCUT2D eigenvalue weighted by Gasteiger charge is -2.23. The van der Waals surface area contributed by atoms with E-state index in [2.05, 4.69) is 20.9 Å². The van der Waals surface area contributed by atoms with Crippen molar-refractivity contribution in [2.45, 2.75) is 25.1 Å². The number of ether oxygens (including phenoxy) is 1. The van der Waals surface area contributed by atoms with Crippen molar-refractivity contribution in [3.63, 3.8) is 0 Å². The van der Waals surface area contributed by atoms with Crippen molar-refractivity contribution in [3.8, 4) is 0 Å². The predicted molar refractivity (Wildman–Crippen MR) is 113 cm³/mol. The van der Waals surface area contributed by atoms with Gasteiger partial charge < -0.3 is 20.5 Å². The molecule has 2 aromatic rings. The minimum Gasteiger partial charge on any atom is -0.475 e. The number of amides is 2. The van der Waals surface area contributed by atoms with Gasteiger partial charge in [-0.15, -0.1) is 0 Å². The summed E-state index contributed by atoms with van der Waals surface area (Å²) in [5.41, 5.74) is 0.685. The molecule has 0 saturated carbocycles. The van der Waals surface area contributed by atoms with E-state index in [1.165, 1.54) is 6.20 Å². The number of alkyl halides is 3. The van der Waals surface area contributed by atoms with Crippen LogP contribution in [0.4, 0.5) is 29.5 Å². The number of carbonyl (C=O) groups excluding carboxylic acids is 2. The van der Waals surface area contributed by atoms with Crippen molar-refractivity contribution >= 4 is 41.1 Å². The second-order valence-corrected chi connectivity index (χ2v) is 7.08. The molecule has 0 radical (unpaired) electrons. The molecule has 13 heteroatoms. The van der Waals surface area contributed by atoms with Gasteiger partial charge in [0.15, 0.2) is 0 Å². The summed E-state index contributed by atoms with van der Waals surface area (Å²) in [6.07, 6.45) is -2.77. The van der Waals surface area contributed by atoms with Gasteiger partial charge in [-0.2, -0.15) is 13.2 Å². The summed E-state index contributed by atoms with van der Waals surface area (Å²) in [5, 5.41) is 16.1. The number of anilines is 2. The van der Waals surface area contributed by atoms with Crippen molar-refractivity contribution in [2.24, 2.45) is 0 Å². The number of carboxylic acid groups (broad SMARTS) is 1. The van der Waals surface area contributed by atoms with E-state index in [-0.39, 0.29) is 6.10 Å². The van der Waals surface area contributed by atoms with Crippen LogP contribution in [0, 0.1) is 0 Å². The van der Waals surface area contributed by atoms with Crippen LogP contribution in [-0.4, -0.2) is 53.4 Å². The Morgan fingerprint density at radius 1 is 1.09 bits per heavy atom. The summed E-state index contributed by atoms with van der Waals surface area (Å²) in [7, 11) is 0. The zero-order chi connectivity index (χ0) is 24.4. The maximum Gasteiger partial charge on any atom is 0.490 e. The number of nitrogens with zero attached hydrogens (tertiary/aromatic N) is 1. The molecular weight excluding hydrogens is 469 g/mol. The van der Waals surface area contributed by atoms with Gasteiger partial charge in [0.05, 0.1) is 16.3 Å². The monoisotopic (exact) mass is 488 g/mol. The Hall–Kier alpha value is -3.38. The Balaban J connectivity index is 0.000000479. The fraction of sp³-hybridized carbons (Fsp3) is 0.300. The van der Waals surface area contributed by atoms with E-state index in [1.54, 1.807) is 36.4 Å². The zero-order valence-corrected chi connectivity index (χ0v) is 17.7. The molecule has 0 aliphatic carbocycles. The zero-order valence-electron chi connectivity index (χ0n) is 17.0. The van der Waals surface area contributed by atoms with Gasteiger partial charge in [0.25, 0.3) is 5.91 Å². The van der Waals surface area contributed by atoms with Crippen molar-refractivity contribution in [2.75, 3.05) is 23.7 Å². The molecule has 178 valence electrons. The first-order valence-electron chi connectivity index (χ1n) is 9.56. The summed E-state index contributed by atoms with van der Waals surface area (Å²) in [6.45, 7) is 1.65. The number of nitrogens with one attached hydrogen (secondary N) is 3. The number of benzene rings is 1. The maximum absolute atomic E-state index is 12.5. The summed E-state index contributed by atoms with van der Waals surface area (Å²) < 4.78 is 37.1. The normalized spacial score (nSPS) is 13.8. The molecule has 0 bridgehead atoms. The molecule has 1 aromatic carbocycles. The van der Waals surface area contributed by atoms with Crippen LogP contribution in [0.15, 0.2) is 42.6 Å². The Bertz CT molecular complexity index is 967. The number of carboxylic acids is 1. The number of aromatic nitrogens is 1. The molecular formula is C20H20ClF3N4O5. The molecule has 0 spiro atoms. The number of hydrogen-bond acceptors (Lipinski definition) is 6. The number of carbonyl (C=O) groups is 3. The van der Waals surface area contributed by atoms with Gasteiger partial charge in [0.2, 0.25) is 0 Å². The quantitative estimate of drug-likeness (QED) is 0.513. The van der Waals surface area contributed by atoms with E-state index in [0.29, 0.717) is 22.1 Å². The Labute approximate surface area is 191 Å². The molecule has 1 aromatic heterocycles. The maximum atomic E-state index is 12.5. The van der Waals surface area contributed by atoms with E-state index in [9.17, 15) is 22.8 Å². The molecule has 2 amide bonds. The Kier molecular flexibility index (Phi) is 9.43. The number of piperidine rings is 1. The van der Waals surface area contributed by atoms with Crippen LogP contribution in [0.1, 0.15) is 23.2 Å². The summed E-state index contributed by atoms with van der Waals surface area (Å²) in [6, 6.07) is 9.94. The van der Waals surface area contributed by atoms with Crippen LogP contribution in [-0.2, 0) is 9.53 Å². The van der Waals surface area contributed by atoms with E-state index in [4.69, 9.17) is 26.2 Å². The molecule has 1 fully saturated rings. The number of para-hydroxylation sites is 1. The Morgan fingerprint density at radius 3 is 2.30 bits per heavy atom. The van der Waals surface area contributed by atoms with E-state index >= 15 is 0 Å². The number of pyridine rings is 1. The lowest BCUT2D eigenvalue weighted by molar-refractivity contribution is -0.192. The third-order valence-electron chi connectivity index (χ3n) is 4.18. The van der Waals surface area contributed by atoms with Crippen molar-refractivity contribution < 1.29 is 37.4 Å². The van der Waals surface area contributed by atoms with Gasteiger partial charge in [-0.3, -0.25) is 10.1 Å². The largest absolute Gasteiger partial charge is 0.490 e. The van der Waals surface area contributed by atoms with Crippen LogP contribution in [0.25, 0.3) is 0 Å². The molecule has 1 aliphatic heterocycles. The fourth-order valence-electron chi connectivity index (χ4n) is 2.63. The highest BCUT2D eigenvalue weighted by atomic mass is 35.5. The topological polar surface area (TPSA) is 130 Å². The second-order valence-electron chi connectivity index (χ2n) is 6.64. The third-order valence-corrected chi connectivity index (χ3v) is 4.40. The number of halogens is 4. The van der Waals surface area contributed by atoms with Gasteiger partial charge >= 0.3 is 18.2 Å². The number of hydrogen-bond donors (Lipinski definition) is 4. The highest BCUT2D eigenvalue weighted by molar-refractivity contribution is 6.30. The Morgan fingerprint density at radius 2 is 1.73 bits per heavy atom. The third kappa shape index (κ3) is 8.94. The van der Waals surface area contributed by atoms with Crippen molar-refractivity contribution in [1.82, 2.24) is 10.3 Å². The lowest BCUT2D eigenvalue weighted by atomic mass is 10.1. The van der Waals surface area contributed by atoms with Gasteiger partial charge in [0, 0.05) is 6.20 Å². The smallest absolute Gasteiger partial charge is 0.475 e. The number of rotatable bonds is 4. The average Bonchev–Trinajstić information content (AvgIpc) is 2.76. The van der Waals surface area contributed by atoms with Gasteiger partial charge in [0.1, 0.15) is 11.9 Å². The van der Waals surface area contributed by atoms with Gasteiger partial charge in [-0.25, -0.2) is 14.6 Å². The van der Waals surface area contributed by atoms with Crippen LogP contribution in [0.2, 0.25) is 5.02 Å². The summed E-state index contributed by atoms with van der Waals surface area (Å²) in [5.74, 6) is -2.78. The van der Waals surface area contributed by atoms with Crippen LogP contribution < -0.4 is 16.0 Å². The SMILES string of the molecule is O=C(Nc1ccccc1C(=O)Nc1ccc(Cl)cn1)OC1CCNCC1.O=C(O)C(F)(F)F. The first kappa shape index (κ1) is 25.9. The van der Waals surface area contributed by atoms with Crippen molar-refractivity contribution in [3.05, 3.63) is 53.2 Å². The molecule has 2 heterocycles. The van der Waals surface area contributed by atoms with Crippen molar-refractivity contribution in [1.29, 1.82) is 0 Å². The predicted octanol–water partition coefficient (Wildman–Crippen LogP) is 3.92. The van der Waals surface area contributed by atoms with E-state index in [1.807, 2.05) is 0 Å². The molecule has 9 nitrogen and oxygen atoms in total. The van der Waals surface area contributed by atoms with Crippen LogP contribution >= 0.6 is 11.6 Å². The van der Waals surface area contributed by atoms with E-state index < -0.39 is 24.1 Å². The highest BCUT2D eigenvalue weighted by Crippen LogP contribution is 2.19. The lowest BCUT2D eigenvalue weighted by Crippen LogP contribution is -2.34. The first-order chi connectivity index (χ1) is 15.6. The van der Waals surface area contributed by atoms with Gasteiger partial charge in [-0.1, -0.05) is 23.7 Å². The molecule has 4 N–H and O–H groups in total. The van der Waals surface area contributed by atoms with Crippen LogP contribution in [0.5, 0.6) is 0 Å². The molecule has 3 rings (SSSR count). The highest BCUT2D eigenvalue weighted by Gasteiger charge is 2.38. The molecule has 1 aliphatic rings. The average molecular weight is 489 g/mol. The van der Waals surface area contributed by atoms with Gasteiger partial charge in [-0.05, 0) is 50.2 Å². The van der Waals surface area contributed by atoms with Crippen LogP contribution in [0.3, 0.4) is 0 Å². The second kappa shape index (κ2) is 12.0. The fourth-order valence-corrected chi connectivity index (χ4v) is 2.74. The summed E-state index contributed by atoms with van der Waals surface area (Å²) >= 11 is 5.79. The first-order valence-corrected chi connectivity index (χ1v) is 9.94. The van der Waals surface area contributed by atoms with E-state index in [0.717, 1.165) is 25.9 Å². The summed E-state index contributed by atoms with van der Waals surface area (Å²) in [4.78, 5) is 37.6. The molecule has 1 saturated heterocycles. The molecule has 0 atom stereocenters. The molecule has 33 heavy (non-hydrogen) atoms. The minimum absolute atomic E-state index is 0.115. The molecule has 0 unspecified atom stereocenters. The number of aliphatic carboxylic acids is 1. The minimum atomic E-state index is -5.08. The standard InChI is InChI=1S/C18H19ClN4O3.C2HF3O2/c19-12-5-6-16(21-11-12)23-17(24)14-3-1-2-4-15(14)22-18(25)26-13-7-9-20-10-8-13;3-2(4,5)1(6)7/h1-6,11,13,20H,7-10H2,(H,22,25)(H,21,23,24);(H,6,7).